The Morgan fingerprint density at radius 1 is 0.714 bits per heavy atom. The Bertz CT molecular complexity index is 921. The van der Waals surface area contributed by atoms with Gasteiger partial charge in [0.25, 0.3) is 5.91 Å². The summed E-state index contributed by atoms with van der Waals surface area (Å²) < 4.78 is 11.2. The predicted octanol–water partition coefficient (Wildman–Crippen LogP) is 4.09. The molecule has 0 heterocycles. The fraction of sp³-hybridized carbons (Fsp3) is 0.0909. The minimum atomic E-state index is -1.01. The first kappa shape index (κ1) is 19.0. The molecule has 0 spiro atoms. The summed E-state index contributed by atoms with van der Waals surface area (Å²) in [6, 6.07) is 22.2. The van der Waals surface area contributed by atoms with Crippen molar-refractivity contribution in [2.75, 3.05) is 18.5 Å². The van der Waals surface area contributed by atoms with Crippen LogP contribution in [-0.2, 0) is 0 Å². The van der Waals surface area contributed by atoms with Crippen LogP contribution in [0.2, 0.25) is 0 Å². The quantitative estimate of drug-likeness (QED) is 0.578. The highest BCUT2D eigenvalue weighted by Gasteiger charge is 2.08. The molecule has 6 nitrogen and oxygen atoms in total. The van der Waals surface area contributed by atoms with E-state index in [1.165, 1.54) is 12.1 Å². The van der Waals surface area contributed by atoms with Crippen molar-refractivity contribution in [3.05, 3.63) is 90.0 Å². The summed E-state index contributed by atoms with van der Waals surface area (Å²) in [6.45, 7) is 0.801. The van der Waals surface area contributed by atoms with Crippen LogP contribution in [0.1, 0.15) is 20.7 Å². The largest absolute Gasteiger partial charge is 0.490 e. The summed E-state index contributed by atoms with van der Waals surface area (Å²) in [5.41, 5.74) is 1.15. The predicted molar refractivity (Wildman–Crippen MR) is 105 cm³/mol. The number of carbonyl (C=O) groups excluding carboxylic acids is 1. The number of aromatic carboxylic acids is 1. The number of para-hydroxylation sites is 1. The first-order chi connectivity index (χ1) is 13.6. The topological polar surface area (TPSA) is 84.9 Å². The van der Waals surface area contributed by atoms with Gasteiger partial charge in [-0.05, 0) is 60.7 Å². The maximum absolute atomic E-state index is 12.3. The third-order valence-electron chi connectivity index (χ3n) is 3.87. The minimum Gasteiger partial charge on any atom is -0.490 e. The molecule has 28 heavy (non-hydrogen) atoms. The maximum Gasteiger partial charge on any atom is 0.335 e. The molecule has 2 N–H and O–H groups in total. The molecule has 3 aromatic rings. The number of anilines is 1. The van der Waals surface area contributed by atoms with Crippen LogP contribution in [0.5, 0.6) is 11.5 Å². The molecule has 1 amide bonds. The van der Waals surface area contributed by atoms with E-state index in [9.17, 15) is 9.59 Å². The second kappa shape index (κ2) is 9.23. The standard InChI is InChI=1S/C22H19NO5/c24-21(23-18-10-6-17(7-11-18)22(25)26)16-8-12-20(13-9-16)28-15-14-27-19-4-2-1-3-5-19/h1-13H,14-15H2,(H,23,24)(H,25,26). The molecule has 0 radical (unpaired) electrons. The molecule has 0 saturated carbocycles. The Balaban J connectivity index is 1.47. The summed E-state index contributed by atoms with van der Waals surface area (Å²) in [6.07, 6.45) is 0. The van der Waals surface area contributed by atoms with E-state index >= 15 is 0 Å². The molecule has 3 rings (SSSR count). The highest BCUT2D eigenvalue weighted by atomic mass is 16.5. The summed E-state index contributed by atoms with van der Waals surface area (Å²) in [4.78, 5) is 23.1. The number of benzene rings is 3. The van der Waals surface area contributed by atoms with Crippen molar-refractivity contribution in [3.8, 4) is 11.5 Å². The number of carboxylic acids is 1. The minimum absolute atomic E-state index is 0.163. The number of ether oxygens (including phenoxy) is 2. The van der Waals surface area contributed by atoms with E-state index in [0.717, 1.165) is 5.75 Å². The number of carboxylic acid groups (broad SMARTS) is 1. The molecule has 0 fully saturated rings. The van der Waals surface area contributed by atoms with E-state index < -0.39 is 5.97 Å². The normalized spacial score (nSPS) is 10.1. The molecule has 0 atom stereocenters. The van der Waals surface area contributed by atoms with Crippen LogP contribution < -0.4 is 14.8 Å². The maximum atomic E-state index is 12.3. The van der Waals surface area contributed by atoms with Crippen LogP contribution in [0, 0.1) is 0 Å². The molecule has 0 aliphatic carbocycles. The van der Waals surface area contributed by atoms with E-state index in [4.69, 9.17) is 14.6 Å². The van der Waals surface area contributed by atoms with Crippen molar-refractivity contribution in [3.63, 3.8) is 0 Å². The Kier molecular flexibility index (Phi) is 6.25. The molecule has 0 aliphatic heterocycles. The van der Waals surface area contributed by atoms with Gasteiger partial charge in [-0.15, -0.1) is 0 Å². The zero-order chi connectivity index (χ0) is 19.8. The average molecular weight is 377 g/mol. The Morgan fingerprint density at radius 2 is 1.25 bits per heavy atom. The van der Waals surface area contributed by atoms with Gasteiger partial charge in [-0.2, -0.15) is 0 Å². The number of nitrogens with one attached hydrogen (secondary N) is 1. The van der Waals surface area contributed by atoms with Crippen LogP contribution in [0.15, 0.2) is 78.9 Å². The summed E-state index contributed by atoms with van der Waals surface area (Å²) in [7, 11) is 0. The van der Waals surface area contributed by atoms with Crippen molar-refractivity contribution in [2.24, 2.45) is 0 Å². The van der Waals surface area contributed by atoms with Gasteiger partial charge in [0, 0.05) is 11.3 Å². The number of rotatable bonds is 8. The first-order valence-electron chi connectivity index (χ1n) is 8.67. The number of hydrogen-bond donors (Lipinski definition) is 2. The summed E-state index contributed by atoms with van der Waals surface area (Å²) in [5.74, 6) is 0.123. The zero-order valence-electron chi connectivity index (χ0n) is 15.0. The van der Waals surface area contributed by atoms with Gasteiger partial charge in [0.05, 0.1) is 5.56 Å². The number of amides is 1. The van der Waals surface area contributed by atoms with E-state index in [0.29, 0.717) is 30.2 Å². The van der Waals surface area contributed by atoms with Crippen molar-refractivity contribution >= 4 is 17.6 Å². The van der Waals surface area contributed by atoms with Gasteiger partial charge < -0.3 is 19.9 Å². The Labute approximate surface area is 162 Å². The third kappa shape index (κ3) is 5.35. The fourth-order valence-corrected chi connectivity index (χ4v) is 2.44. The van der Waals surface area contributed by atoms with Crippen molar-refractivity contribution in [2.45, 2.75) is 0 Å². The lowest BCUT2D eigenvalue weighted by atomic mass is 10.2. The lowest BCUT2D eigenvalue weighted by Gasteiger charge is -2.09. The monoisotopic (exact) mass is 377 g/mol. The van der Waals surface area contributed by atoms with Crippen LogP contribution >= 0.6 is 0 Å². The van der Waals surface area contributed by atoms with Gasteiger partial charge in [-0.3, -0.25) is 4.79 Å². The Hall–Kier alpha value is -3.80. The van der Waals surface area contributed by atoms with Crippen molar-refractivity contribution < 1.29 is 24.2 Å². The van der Waals surface area contributed by atoms with E-state index in [2.05, 4.69) is 5.32 Å². The van der Waals surface area contributed by atoms with Gasteiger partial charge in [0.2, 0.25) is 0 Å². The molecule has 0 saturated heterocycles. The van der Waals surface area contributed by atoms with E-state index in [1.807, 2.05) is 30.3 Å². The summed E-state index contributed by atoms with van der Waals surface area (Å²) in [5, 5.41) is 11.6. The number of carbonyl (C=O) groups is 2. The van der Waals surface area contributed by atoms with Crippen LogP contribution in [0.4, 0.5) is 5.69 Å². The van der Waals surface area contributed by atoms with E-state index in [1.54, 1.807) is 36.4 Å². The fourth-order valence-electron chi connectivity index (χ4n) is 2.44. The molecule has 0 aliphatic rings. The molecular formula is C22H19NO5. The van der Waals surface area contributed by atoms with Gasteiger partial charge in [-0.1, -0.05) is 18.2 Å². The van der Waals surface area contributed by atoms with Crippen molar-refractivity contribution in [1.82, 2.24) is 0 Å². The first-order valence-corrected chi connectivity index (χ1v) is 8.67. The second-order valence-corrected chi connectivity index (χ2v) is 5.87. The average Bonchev–Trinajstić information content (AvgIpc) is 2.73. The van der Waals surface area contributed by atoms with Crippen LogP contribution in [0.3, 0.4) is 0 Å². The molecule has 6 heteroatoms. The smallest absolute Gasteiger partial charge is 0.335 e. The van der Waals surface area contributed by atoms with Gasteiger partial charge in [0.1, 0.15) is 24.7 Å². The number of hydrogen-bond acceptors (Lipinski definition) is 4. The molecule has 3 aromatic carbocycles. The highest BCUT2D eigenvalue weighted by molar-refractivity contribution is 6.04. The molecule has 0 bridgehead atoms. The van der Waals surface area contributed by atoms with Crippen LogP contribution in [0.25, 0.3) is 0 Å². The molecule has 0 unspecified atom stereocenters. The van der Waals surface area contributed by atoms with Gasteiger partial charge >= 0.3 is 5.97 Å². The van der Waals surface area contributed by atoms with Gasteiger partial charge in [-0.25, -0.2) is 4.79 Å². The van der Waals surface area contributed by atoms with Gasteiger partial charge in [0.15, 0.2) is 0 Å². The lowest BCUT2D eigenvalue weighted by Crippen LogP contribution is -2.12. The lowest BCUT2D eigenvalue weighted by molar-refractivity contribution is 0.0696. The highest BCUT2D eigenvalue weighted by Crippen LogP contribution is 2.15. The van der Waals surface area contributed by atoms with Crippen LogP contribution in [-0.4, -0.2) is 30.2 Å². The Morgan fingerprint density at radius 3 is 1.82 bits per heavy atom. The zero-order valence-corrected chi connectivity index (χ0v) is 15.0. The third-order valence-corrected chi connectivity index (χ3v) is 3.87. The second-order valence-electron chi connectivity index (χ2n) is 5.87. The molecular weight excluding hydrogens is 358 g/mol. The summed E-state index contributed by atoms with van der Waals surface area (Å²) >= 11 is 0. The molecule has 0 aromatic heterocycles. The van der Waals surface area contributed by atoms with E-state index in [-0.39, 0.29) is 11.5 Å². The van der Waals surface area contributed by atoms with Crippen molar-refractivity contribution in [1.29, 1.82) is 0 Å². The SMILES string of the molecule is O=C(O)c1ccc(NC(=O)c2ccc(OCCOc3ccccc3)cc2)cc1. The molecule has 142 valence electrons.